The van der Waals surface area contributed by atoms with Gasteiger partial charge in [0.15, 0.2) is 0 Å². The molecular weight excluding hydrogens is 182 g/mol. The summed E-state index contributed by atoms with van der Waals surface area (Å²) in [6.07, 6.45) is 2.22. The van der Waals surface area contributed by atoms with E-state index in [0.29, 0.717) is 0 Å². The van der Waals surface area contributed by atoms with Crippen molar-refractivity contribution in [3.05, 3.63) is 35.4 Å². The first kappa shape index (κ1) is 12.5. The molecule has 0 fully saturated rings. The monoisotopic (exact) mass is 199 g/mol. The summed E-state index contributed by atoms with van der Waals surface area (Å²) in [4.78, 5) is 0. The minimum absolute atomic E-state index is 0. The molecule has 0 saturated carbocycles. The van der Waals surface area contributed by atoms with E-state index in [1.54, 1.807) is 0 Å². The van der Waals surface area contributed by atoms with Crippen molar-refractivity contribution in [3.63, 3.8) is 0 Å². The molecule has 0 aromatic heterocycles. The van der Waals surface area contributed by atoms with Crippen LogP contribution in [0.2, 0.25) is 0 Å². The molecule has 0 amide bonds. The Hall–Kier alpha value is -0.530. The molecule has 1 nitrogen and oxygen atoms in total. The molecular formula is C11H18ClN. The summed E-state index contributed by atoms with van der Waals surface area (Å²) in [5, 5.41) is 0. The second kappa shape index (κ2) is 6.01. The number of benzene rings is 1. The van der Waals surface area contributed by atoms with E-state index in [1.165, 1.54) is 11.1 Å². The maximum absolute atomic E-state index is 5.97. The van der Waals surface area contributed by atoms with Crippen LogP contribution in [0.4, 0.5) is 0 Å². The average molecular weight is 200 g/mol. The Morgan fingerprint density at radius 1 is 1.38 bits per heavy atom. The van der Waals surface area contributed by atoms with Crippen LogP contribution in [0.15, 0.2) is 24.3 Å². The Balaban J connectivity index is 0.00000144. The number of rotatable bonds is 3. The molecule has 0 heterocycles. The van der Waals surface area contributed by atoms with Gasteiger partial charge in [-0.15, -0.1) is 12.4 Å². The van der Waals surface area contributed by atoms with Crippen LogP contribution < -0.4 is 5.73 Å². The largest absolute Gasteiger partial charge is 0.324 e. The highest BCUT2D eigenvalue weighted by Gasteiger charge is 2.03. The Morgan fingerprint density at radius 3 is 2.62 bits per heavy atom. The van der Waals surface area contributed by atoms with Gasteiger partial charge in [0, 0.05) is 6.04 Å². The summed E-state index contributed by atoms with van der Waals surface area (Å²) in [5.74, 6) is 0. The van der Waals surface area contributed by atoms with Gasteiger partial charge in [0.2, 0.25) is 0 Å². The van der Waals surface area contributed by atoms with Crippen molar-refractivity contribution in [2.45, 2.75) is 32.7 Å². The lowest BCUT2D eigenvalue weighted by Crippen LogP contribution is -2.09. The maximum Gasteiger partial charge on any atom is 0.0294 e. The van der Waals surface area contributed by atoms with Crippen molar-refractivity contribution >= 4 is 12.4 Å². The second-order valence-electron chi connectivity index (χ2n) is 3.31. The zero-order valence-electron chi connectivity index (χ0n) is 8.29. The topological polar surface area (TPSA) is 26.0 Å². The lowest BCUT2D eigenvalue weighted by molar-refractivity contribution is 0.638. The van der Waals surface area contributed by atoms with Gasteiger partial charge < -0.3 is 5.73 Å². The zero-order chi connectivity index (χ0) is 8.97. The van der Waals surface area contributed by atoms with E-state index in [4.69, 9.17) is 5.73 Å². The van der Waals surface area contributed by atoms with Crippen molar-refractivity contribution in [2.24, 2.45) is 5.73 Å². The average Bonchev–Trinajstić information content (AvgIpc) is 2.05. The molecule has 1 aromatic carbocycles. The van der Waals surface area contributed by atoms with Gasteiger partial charge in [0.1, 0.15) is 0 Å². The van der Waals surface area contributed by atoms with Crippen molar-refractivity contribution in [2.75, 3.05) is 0 Å². The molecule has 0 radical (unpaired) electrons. The third kappa shape index (κ3) is 3.79. The fraction of sp³-hybridized carbons (Fsp3) is 0.455. The molecule has 2 heteroatoms. The maximum atomic E-state index is 5.97. The molecule has 2 N–H and O–H groups in total. The fourth-order valence-corrected chi connectivity index (χ4v) is 1.38. The first-order valence-corrected chi connectivity index (χ1v) is 4.56. The van der Waals surface area contributed by atoms with Gasteiger partial charge in [-0.3, -0.25) is 0 Å². The molecule has 0 bridgehead atoms. The van der Waals surface area contributed by atoms with Gasteiger partial charge in [-0.05, 0) is 18.9 Å². The summed E-state index contributed by atoms with van der Waals surface area (Å²) in [6.45, 7) is 4.26. The van der Waals surface area contributed by atoms with E-state index in [1.807, 2.05) is 0 Å². The second-order valence-corrected chi connectivity index (χ2v) is 3.31. The van der Waals surface area contributed by atoms with Crippen molar-refractivity contribution in [1.82, 2.24) is 0 Å². The Kier molecular flexibility index (Phi) is 5.76. The molecule has 1 atom stereocenters. The third-order valence-electron chi connectivity index (χ3n) is 2.07. The van der Waals surface area contributed by atoms with Crippen LogP contribution >= 0.6 is 12.4 Å². The molecule has 13 heavy (non-hydrogen) atoms. The smallest absolute Gasteiger partial charge is 0.0294 e. The van der Waals surface area contributed by atoms with E-state index in [0.717, 1.165) is 12.8 Å². The first-order chi connectivity index (χ1) is 5.74. The number of nitrogens with two attached hydrogens (primary N) is 1. The van der Waals surface area contributed by atoms with Crippen LogP contribution in [0.3, 0.4) is 0 Å². The summed E-state index contributed by atoms with van der Waals surface area (Å²) in [6, 6.07) is 8.66. The number of hydrogen-bond acceptors (Lipinski definition) is 1. The highest BCUT2D eigenvalue weighted by Crippen LogP contribution is 2.16. The summed E-state index contributed by atoms with van der Waals surface area (Å²) < 4.78 is 0. The van der Waals surface area contributed by atoms with Crippen molar-refractivity contribution in [1.29, 1.82) is 0 Å². The first-order valence-electron chi connectivity index (χ1n) is 4.56. The molecule has 0 aliphatic rings. The summed E-state index contributed by atoms with van der Waals surface area (Å²) >= 11 is 0. The Bertz CT molecular complexity index is 248. The molecule has 0 aliphatic carbocycles. The predicted octanol–water partition coefficient (Wildman–Crippen LogP) is 3.22. The number of aryl methyl sites for hydroxylation is 1. The van der Waals surface area contributed by atoms with E-state index >= 15 is 0 Å². The SMILES string of the molecule is CCC[C@@H](N)c1cccc(C)c1.Cl. The highest BCUT2D eigenvalue weighted by atomic mass is 35.5. The Labute approximate surface area is 86.7 Å². The summed E-state index contributed by atoms with van der Waals surface area (Å²) in [5.41, 5.74) is 8.53. The zero-order valence-corrected chi connectivity index (χ0v) is 9.10. The Morgan fingerprint density at radius 2 is 2.08 bits per heavy atom. The number of halogens is 1. The standard InChI is InChI=1S/C11H17N.ClH/c1-3-5-11(12)10-7-4-6-9(2)8-10;/h4,6-8,11H,3,5,12H2,1-2H3;1H/t11-;/m1./s1. The van der Waals surface area contributed by atoms with E-state index < -0.39 is 0 Å². The lowest BCUT2D eigenvalue weighted by Gasteiger charge is -2.10. The van der Waals surface area contributed by atoms with Crippen molar-refractivity contribution < 1.29 is 0 Å². The van der Waals surface area contributed by atoms with Gasteiger partial charge >= 0.3 is 0 Å². The van der Waals surface area contributed by atoms with Gasteiger partial charge in [-0.2, -0.15) is 0 Å². The van der Waals surface area contributed by atoms with E-state index in [9.17, 15) is 0 Å². The van der Waals surface area contributed by atoms with E-state index in [2.05, 4.69) is 38.1 Å². The summed E-state index contributed by atoms with van der Waals surface area (Å²) in [7, 11) is 0. The molecule has 0 saturated heterocycles. The van der Waals surface area contributed by atoms with Crippen LogP contribution in [-0.4, -0.2) is 0 Å². The highest BCUT2D eigenvalue weighted by molar-refractivity contribution is 5.85. The lowest BCUT2D eigenvalue weighted by atomic mass is 10.0. The van der Waals surface area contributed by atoms with Gasteiger partial charge in [-0.1, -0.05) is 43.2 Å². The fourth-order valence-electron chi connectivity index (χ4n) is 1.38. The molecule has 1 aromatic rings. The number of hydrogen-bond donors (Lipinski definition) is 1. The molecule has 1 rings (SSSR count). The predicted molar refractivity (Wildman–Crippen MR) is 60.3 cm³/mol. The van der Waals surface area contributed by atoms with E-state index in [-0.39, 0.29) is 18.4 Å². The minimum atomic E-state index is 0. The van der Waals surface area contributed by atoms with Crippen LogP contribution in [0.25, 0.3) is 0 Å². The molecule has 74 valence electrons. The normalized spacial score (nSPS) is 11.9. The minimum Gasteiger partial charge on any atom is -0.324 e. The van der Waals surface area contributed by atoms with Crippen LogP contribution in [0.5, 0.6) is 0 Å². The third-order valence-corrected chi connectivity index (χ3v) is 2.07. The molecule has 0 unspecified atom stereocenters. The van der Waals surface area contributed by atoms with Crippen molar-refractivity contribution in [3.8, 4) is 0 Å². The van der Waals surface area contributed by atoms with Gasteiger partial charge in [-0.25, -0.2) is 0 Å². The van der Waals surface area contributed by atoms with Crippen LogP contribution in [0, 0.1) is 6.92 Å². The van der Waals surface area contributed by atoms with Gasteiger partial charge in [0.05, 0.1) is 0 Å². The molecule has 0 aliphatic heterocycles. The van der Waals surface area contributed by atoms with Crippen LogP contribution in [0.1, 0.15) is 36.9 Å². The quantitative estimate of drug-likeness (QED) is 0.795. The van der Waals surface area contributed by atoms with Gasteiger partial charge in [0.25, 0.3) is 0 Å². The molecule has 0 spiro atoms. The van der Waals surface area contributed by atoms with Crippen LogP contribution in [-0.2, 0) is 0 Å².